The highest BCUT2D eigenvalue weighted by Crippen LogP contribution is 2.25. The predicted octanol–water partition coefficient (Wildman–Crippen LogP) is 3.67. The minimum atomic E-state index is 0.264. The van der Waals surface area contributed by atoms with Gasteiger partial charge in [0.1, 0.15) is 5.75 Å². The number of rotatable bonds is 7. The lowest BCUT2D eigenvalue weighted by Crippen LogP contribution is -2.39. The van der Waals surface area contributed by atoms with Crippen LogP contribution in [0, 0.1) is 6.92 Å². The van der Waals surface area contributed by atoms with E-state index in [0.717, 1.165) is 50.2 Å². The summed E-state index contributed by atoms with van der Waals surface area (Å²) in [5, 5.41) is 7.07. The molecule has 3 rings (SSSR count). The first-order valence-corrected chi connectivity index (χ1v) is 9.19. The molecular weight excluding hydrogens is 314 g/mol. The molecule has 25 heavy (non-hydrogen) atoms. The minimum absolute atomic E-state index is 0.264. The van der Waals surface area contributed by atoms with Crippen molar-refractivity contribution in [1.29, 1.82) is 0 Å². The highest BCUT2D eigenvalue weighted by molar-refractivity contribution is 5.76. The molecule has 1 aromatic carbocycles. The summed E-state index contributed by atoms with van der Waals surface area (Å²) in [5.41, 5.74) is 2.34. The van der Waals surface area contributed by atoms with Crippen LogP contribution in [0.3, 0.4) is 0 Å². The first kappa shape index (κ1) is 17.5. The number of ether oxygens (including phenoxy) is 1. The van der Waals surface area contributed by atoms with Gasteiger partial charge in [-0.05, 0) is 56.4 Å². The largest absolute Gasteiger partial charge is 0.494 e. The highest BCUT2D eigenvalue weighted by atomic mass is 16.5. The first-order chi connectivity index (χ1) is 12.2. The second-order valence-electron chi connectivity index (χ2n) is 6.81. The van der Waals surface area contributed by atoms with E-state index < -0.39 is 0 Å². The summed E-state index contributed by atoms with van der Waals surface area (Å²) in [6.07, 6.45) is 6.34. The third-order valence-corrected chi connectivity index (χ3v) is 4.78. The fourth-order valence-corrected chi connectivity index (χ4v) is 3.38. The van der Waals surface area contributed by atoms with Crippen molar-refractivity contribution in [3.05, 3.63) is 47.8 Å². The van der Waals surface area contributed by atoms with Crippen LogP contribution in [-0.2, 0) is 4.79 Å². The van der Waals surface area contributed by atoms with Crippen molar-refractivity contribution in [3.63, 3.8) is 0 Å². The summed E-state index contributed by atoms with van der Waals surface area (Å²) in [6.45, 7) is 4.40. The lowest BCUT2D eigenvalue weighted by Gasteiger charge is -2.32. The molecule has 5 nitrogen and oxygen atoms in total. The number of nitrogens with zero attached hydrogens (tertiary/aromatic N) is 2. The molecule has 1 saturated heterocycles. The molecule has 1 aliphatic heterocycles. The third-order valence-electron chi connectivity index (χ3n) is 4.78. The summed E-state index contributed by atoms with van der Waals surface area (Å²) in [5.74, 6) is 1.56. The maximum Gasteiger partial charge on any atom is 0.222 e. The van der Waals surface area contributed by atoms with Gasteiger partial charge in [0, 0.05) is 37.3 Å². The van der Waals surface area contributed by atoms with E-state index >= 15 is 0 Å². The number of carbonyl (C=O) groups excluding carboxylic acids is 1. The van der Waals surface area contributed by atoms with E-state index in [0.29, 0.717) is 18.9 Å². The first-order valence-electron chi connectivity index (χ1n) is 9.19. The standard InChI is InChI=1S/C20H27N3O2/c1-16-6-4-8-18(14-16)25-13-3-2-9-20(24)23-12-5-7-17(15-23)19-10-11-21-22-19/h4,6,8,10-11,14,17H,2-3,5,7,9,12-13,15H2,1H3,(H,21,22)/t17-/m0/s1. The molecule has 0 unspecified atom stereocenters. The summed E-state index contributed by atoms with van der Waals surface area (Å²) < 4.78 is 5.74. The zero-order chi connectivity index (χ0) is 17.5. The van der Waals surface area contributed by atoms with Gasteiger partial charge < -0.3 is 9.64 Å². The Morgan fingerprint density at radius 3 is 3.08 bits per heavy atom. The van der Waals surface area contributed by atoms with Gasteiger partial charge in [0.2, 0.25) is 5.91 Å². The van der Waals surface area contributed by atoms with E-state index in [4.69, 9.17) is 4.74 Å². The maximum atomic E-state index is 12.5. The molecule has 1 aromatic heterocycles. The number of aromatic nitrogens is 2. The summed E-state index contributed by atoms with van der Waals surface area (Å²) >= 11 is 0. The van der Waals surface area contributed by atoms with Crippen molar-refractivity contribution in [2.24, 2.45) is 0 Å². The lowest BCUT2D eigenvalue weighted by molar-refractivity contribution is -0.132. The van der Waals surface area contributed by atoms with Gasteiger partial charge in [-0.15, -0.1) is 0 Å². The van der Waals surface area contributed by atoms with Crippen LogP contribution in [0.5, 0.6) is 5.75 Å². The number of carbonyl (C=O) groups is 1. The average molecular weight is 341 g/mol. The maximum absolute atomic E-state index is 12.5. The molecule has 5 heteroatoms. The molecule has 0 aliphatic carbocycles. The van der Waals surface area contributed by atoms with E-state index in [-0.39, 0.29) is 5.91 Å². The van der Waals surface area contributed by atoms with Crippen molar-refractivity contribution in [2.45, 2.75) is 44.9 Å². The van der Waals surface area contributed by atoms with Crippen LogP contribution in [0.1, 0.15) is 49.3 Å². The van der Waals surface area contributed by atoms with Gasteiger partial charge >= 0.3 is 0 Å². The molecule has 1 amide bonds. The Labute approximate surface area is 149 Å². The number of H-pyrrole nitrogens is 1. The third kappa shape index (κ3) is 5.08. The van der Waals surface area contributed by atoms with Gasteiger partial charge in [0.15, 0.2) is 0 Å². The van der Waals surface area contributed by atoms with Gasteiger partial charge in [-0.2, -0.15) is 5.10 Å². The number of unbranched alkanes of at least 4 members (excludes halogenated alkanes) is 1. The van der Waals surface area contributed by atoms with Crippen LogP contribution in [0.4, 0.5) is 0 Å². The van der Waals surface area contributed by atoms with E-state index in [1.807, 2.05) is 29.2 Å². The Balaban J connectivity index is 1.36. The number of nitrogens with one attached hydrogen (secondary N) is 1. The number of hydrogen-bond acceptors (Lipinski definition) is 3. The van der Waals surface area contributed by atoms with E-state index in [1.165, 1.54) is 5.56 Å². The Morgan fingerprint density at radius 1 is 1.36 bits per heavy atom. The number of aryl methyl sites for hydroxylation is 1. The fraction of sp³-hybridized carbons (Fsp3) is 0.500. The van der Waals surface area contributed by atoms with Gasteiger partial charge in [-0.25, -0.2) is 0 Å². The quantitative estimate of drug-likeness (QED) is 0.782. The topological polar surface area (TPSA) is 58.2 Å². The molecule has 0 saturated carbocycles. The molecular formula is C20H27N3O2. The molecule has 1 fully saturated rings. The van der Waals surface area contributed by atoms with Gasteiger partial charge in [-0.1, -0.05) is 12.1 Å². The number of aromatic amines is 1. The smallest absolute Gasteiger partial charge is 0.222 e. The van der Waals surface area contributed by atoms with E-state index in [2.05, 4.69) is 23.2 Å². The zero-order valence-electron chi connectivity index (χ0n) is 14.9. The predicted molar refractivity (Wildman–Crippen MR) is 97.7 cm³/mol. The van der Waals surface area contributed by atoms with E-state index in [9.17, 15) is 4.79 Å². The molecule has 2 heterocycles. The second-order valence-corrected chi connectivity index (χ2v) is 6.81. The molecule has 1 aliphatic rings. The van der Waals surface area contributed by atoms with E-state index in [1.54, 1.807) is 6.20 Å². The monoisotopic (exact) mass is 341 g/mol. The van der Waals surface area contributed by atoms with Crippen molar-refractivity contribution in [2.75, 3.05) is 19.7 Å². The van der Waals surface area contributed by atoms with Crippen LogP contribution in [0.25, 0.3) is 0 Å². The zero-order valence-corrected chi connectivity index (χ0v) is 14.9. The Hall–Kier alpha value is -2.30. The number of piperidine rings is 1. The Morgan fingerprint density at radius 2 is 2.28 bits per heavy atom. The Bertz CT molecular complexity index is 669. The highest BCUT2D eigenvalue weighted by Gasteiger charge is 2.25. The summed E-state index contributed by atoms with van der Waals surface area (Å²) in [7, 11) is 0. The van der Waals surface area contributed by atoms with Crippen LogP contribution < -0.4 is 4.74 Å². The number of hydrogen-bond donors (Lipinski definition) is 1. The van der Waals surface area contributed by atoms with Gasteiger partial charge in [0.05, 0.1) is 6.61 Å². The average Bonchev–Trinajstić information content (AvgIpc) is 3.16. The van der Waals surface area contributed by atoms with Gasteiger partial charge in [0.25, 0.3) is 0 Å². The SMILES string of the molecule is Cc1cccc(OCCCCC(=O)N2CCC[C@H](c3ccn[nH]3)C2)c1. The summed E-state index contributed by atoms with van der Waals surface area (Å²) in [6, 6.07) is 10.1. The molecule has 134 valence electrons. The lowest BCUT2D eigenvalue weighted by atomic mass is 9.94. The normalized spacial score (nSPS) is 17.5. The molecule has 0 radical (unpaired) electrons. The van der Waals surface area contributed by atoms with Crippen LogP contribution in [-0.4, -0.2) is 40.7 Å². The molecule has 2 aromatic rings. The van der Waals surface area contributed by atoms with Gasteiger partial charge in [-0.3, -0.25) is 9.89 Å². The van der Waals surface area contributed by atoms with Crippen molar-refractivity contribution < 1.29 is 9.53 Å². The molecule has 1 N–H and O–H groups in total. The Kier molecular flexibility index (Phi) is 6.09. The van der Waals surface area contributed by atoms with Crippen molar-refractivity contribution >= 4 is 5.91 Å². The summed E-state index contributed by atoms with van der Waals surface area (Å²) in [4.78, 5) is 14.5. The number of benzene rings is 1. The molecule has 1 atom stereocenters. The fourth-order valence-electron chi connectivity index (χ4n) is 3.38. The second kappa shape index (κ2) is 8.70. The van der Waals surface area contributed by atoms with Crippen LogP contribution in [0.15, 0.2) is 36.5 Å². The van der Waals surface area contributed by atoms with Crippen LogP contribution >= 0.6 is 0 Å². The van der Waals surface area contributed by atoms with Crippen molar-refractivity contribution in [1.82, 2.24) is 15.1 Å². The number of likely N-dealkylation sites (tertiary alicyclic amines) is 1. The molecule has 0 spiro atoms. The number of amides is 1. The van der Waals surface area contributed by atoms with Crippen molar-refractivity contribution in [3.8, 4) is 5.75 Å². The minimum Gasteiger partial charge on any atom is -0.494 e. The van der Waals surface area contributed by atoms with Crippen LogP contribution in [0.2, 0.25) is 0 Å². The molecule has 0 bridgehead atoms.